The van der Waals surface area contributed by atoms with E-state index >= 15 is 0 Å². The summed E-state index contributed by atoms with van der Waals surface area (Å²) in [7, 11) is 1.69. The molecule has 0 aliphatic rings. The van der Waals surface area contributed by atoms with Gasteiger partial charge in [-0.1, -0.05) is 34.1 Å². The van der Waals surface area contributed by atoms with Crippen LogP contribution in [-0.4, -0.2) is 12.1 Å². The van der Waals surface area contributed by atoms with Crippen LogP contribution in [0.4, 0.5) is 0 Å². The molecule has 0 aliphatic heterocycles. The van der Waals surface area contributed by atoms with Crippen molar-refractivity contribution in [3.8, 4) is 16.9 Å². The van der Waals surface area contributed by atoms with Gasteiger partial charge in [-0.15, -0.1) is 0 Å². The second kappa shape index (κ2) is 5.12. The van der Waals surface area contributed by atoms with E-state index in [4.69, 9.17) is 4.74 Å². The molecule has 0 saturated heterocycles. The van der Waals surface area contributed by atoms with Crippen LogP contribution in [0.25, 0.3) is 11.1 Å². The molecule has 0 amide bonds. The minimum absolute atomic E-state index is 0.786. The second-order valence-corrected chi connectivity index (χ2v) is 3.93. The number of ether oxygens (including phenoxy) is 1. The summed E-state index contributed by atoms with van der Waals surface area (Å²) in [6, 6.07) is 10.0. The highest BCUT2D eigenvalue weighted by molar-refractivity contribution is 9.08. The molecule has 1 aromatic heterocycles. The normalized spacial score (nSPS) is 10.1. The molecule has 16 heavy (non-hydrogen) atoms. The summed E-state index contributed by atoms with van der Waals surface area (Å²) in [5.41, 5.74) is 3.41. The first-order valence-corrected chi connectivity index (χ1v) is 6.11. The van der Waals surface area contributed by atoms with Gasteiger partial charge in [0.1, 0.15) is 5.75 Å². The van der Waals surface area contributed by atoms with E-state index in [-0.39, 0.29) is 0 Å². The Labute approximate surface area is 103 Å². The summed E-state index contributed by atoms with van der Waals surface area (Å²) in [6.07, 6.45) is 3.67. The highest BCUT2D eigenvalue weighted by Gasteiger charge is 2.08. The van der Waals surface area contributed by atoms with Crippen molar-refractivity contribution < 1.29 is 4.74 Å². The van der Waals surface area contributed by atoms with Gasteiger partial charge in [0.25, 0.3) is 0 Å². The first kappa shape index (κ1) is 11.1. The predicted octanol–water partition coefficient (Wildman–Crippen LogP) is 3.65. The molecule has 0 bridgehead atoms. The third-order valence-electron chi connectivity index (χ3n) is 2.44. The standard InChI is InChI=1S/C13H12BrNO/c1-16-13-5-3-2-4-12(13)11-6-7-15-9-10(11)8-14/h2-7,9H,8H2,1H3. The quantitative estimate of drug-likeness (QED) is 0.799. The number of pyridine rings is 1. The van der Waals surface area contributed by atoms with Gasteiger partial charge in [-0.05, 0) is 23.3 Å². The first-order chi connectivity index (χ1) is 7.86. The molecule has 0 fully saturated rings. The van der Waals surface area contributed by atoms with Crippen LogP contribution < -0.4 is 4.74 Å². The van der Waals surface area contributed by atoms with Gasteiger partial charge in [0.2, 0.25) is 0 Å². The Bertz CT molecular complexity index is 439. The molecule has 2 nitrogen and oxygen atoms in total. The lowest BCUT2D eigenvalue weighted by molar-refractivity contribution is 0.416. The van der Waals surface area contributed by atoms with E-state index in [1.54, 1.807) is 13.3 Å². The number of hydrogen-bond donors (Lipinski definition) is 0. The fourth-order valence-electron chi connectivity index (χ4n) is 1.66. The van der Waals surface area contributed by atoms with Gasteiger partial charge in [-0.3, -0.25) is 4.98 Å². The fraction of sp³-hybridized carbons (Fsp3) is 0.154. The van der Waals surface area contributed by atoms with Gasteiger partial charge in [-0.2, -0.15) is 0 Å². The van der Waals surface area contributed by atoms with Gasteiger partial charge < -0.3 is 4.74 Å². The SMILES string of the molecule is COc1ccccc1-c1ccncc1CBr. The monoisotopic (exact) mass is 277 g/mol. The Kier molecular flexibility index (Phi) is 3.57. The van der Waals surface area contributed by atoms with Crippen LogP contribution in [0.2, 0.25) is 0 Å². The molecule has 0 aliphatic carbocycles. The van der Waals surface area contributed by atoms with Crippen LogP contribution in [0.15, 0.2) is 42.7 Å². The molecule has 3 heteroatoms. The van der Waals surface area contributed by atoms with Gasteiger partial charge in [0.05, 0.1) is 7.11 Å². The maximum absolute atomic E-state index is 5.36. The number of nitrogens with zero attached hydrogens (tertiary/aromatic N) is 1. The van der Waals surface area contributed by atoms with E-state index in [2.05, 4.69) is 27.0 Å². The van der Waals surface area contributed by atoms with Crippen molar-refractivity contribution in [2.45, 2.75) is 5.33 Å². The summed E-state index contributed by atoms with van der Waals surface area (Å²) in [6.45, 7) is 0. The smallest absolute Gasteiger partial charge is 0.126 e. The maximum Gasteiger partial charge on any atom is 0.126 e. The van der Waals surface area contributed by atoms with E-state index in [1.807, 2.05) is 30.5 Å². The van der Waals surface area contributed by atoms with Gasteiger partial charge in [0.15, 0.2) is 0 Å². The Balaban J connectivity index is 2.58. The van der Waals surface area contributed by atoms with Crippen LogP contribution in [0, 0.1) is 0 Å². The Morgan fingerprint density at radius 1 is 1.19 bits per heavy atom. The highest BCUT2D eigenvalue weighted by atomic mass is 79.9. The molecule has 82 valence electrons. The number of para-hydroxylation sites is 1. The van der Waals surface area contributed by atoms with E-state index in [0.717, 1.165) is 27.8 Å². The van der Waals surface area contributed by atoms with Crippen molar-refractivity contribution in [3.05, 3.63) is 48.3 Å². The Morgan fingerprint density at radius 3 is 2.75 bits per heavy atom. The Morgan fingerprint density at radius 2 is 2.00 bits per heavy atom. The Hall–Kier alpha value is -1.35. The topological polar surface area (TPSA) is 22.1 Å². The molecule has 2 aromatic rings. The number of hydrogen-bond acceptors (Lipinski definition) is 2. The number of benzene rings is 1. The van der Waals surface area contributed by atoms with Crippen LogP contribution in [-0.2, 0) is 5.33 Å². The zero-order valence-electron chi connectivity index (χ0n) is 8.98. The summed E-state index contributed by atoms with van der Waals surface area (Å²) in [5.74, 6) is 0.885. The molecule has 0 unspecified atom stereocenters. The molecule has 0 spiro atoms. The number of aromatic nitrogens is 1. The first-order valence-electron chi connectivity index (χ1n) is 4.99. The van der Waals surface area contributed by atoms with Crippen molar-refractivity contribution in [1.29, 1.82) is 0 Å². The summed E-state index contributed by atoms with van der Waals surface area (Å²) in [5, 5.41) is 0.786. The summed E-state index contributed by atoms with van der Waals surface area (Å²) < 4.78 is 5.36. The second-order valence-electron chi connectivity index (χ2n) is 3.37. The zero-order valence-corrected chi connectivity index (χ0v) is 10.6. The average Bonchev–Trinajstić information content (AvgIpc) is 2.38. The number of methoxy groups -OCH3 is 1. The minimum Gasteiger partial charge on any atom is -0.496 e. The van der Waals surface area contributed by atoms with Crippen LogP contribution in [0.3, 0.4) is 0 Å². The van der Waals surface area contributed by atoms with Crippen molar-refractivity contribution in [3.63, 3.8) is 0 Å². The molecular formula is C13H12BrNO. The van der Waals surface area contributed by atoms with Crippen LogP contribution in [0.1, 0.15) is 5.56 Å². The molecule has 1 heterocycles. The molecule has 2 rings (SSSR count). The lowest BCUT2D eigenvalue weighted by Gasteiger charge is -2.10. The van der Waals surface area contributed by atoms with Crippen molar-refractivity contribution in [1.82, 2.24) is 4.98 Å². The third-order valence-corrected chi connectivity index (χ3v) is 3.05. The molecule has 1 aromatic carbocycles. The molecule has 0 radical (unpaired) electrons. The highest BCUT2D eigenvalue weighted by Crippen LogP contribution is 2.32. The van der Waals surface area contributed by atoms with Gasteiger partial charge >= 0.3 is 0 Å². The summed E-state index contributed by atoms with van der Waals surface area (Å²) >= 11 is 3.47. The molecular weight excluding hydrogens is 266 g/mol. The zero-order chi connectivity index (χ0) is 11.4. The fourth-order valence-corrected chi connectivity index (χ4v) is 2.11. The summed E-state index contributed by atoms with van der Waals surface area (Å²) in [4.78, 5) is 4.13. The van der Waals surface area contributed by atoms with Gasteiger partial charge in [0, 0.05) is 23.3 Å². The average molecular weight is 278 g/mol. The maximum atomic E-state index is 5.36. The van der Waals surface area contributed by atoms with Crippen molar-refractivity contribution in [2.24, 2.45) is 0 Å². The lowest BCUT2D eigenvalue weighted by Crippen LogP contribution is -1.91. The molecule has 0 atom stereocenters. The van der Waals surface area contributed by atoms with E-state index < -0.39 is 0 Å². The van der Waals surface area contributed by atoms with Crippen molar-refractivity contribution >= 4 is 15.9 Å². The number of halogens is 1. The third kappa shape index (κ3) is 2.09. The lowest BCUT2D eigenvalue weighted by atomic mass is 10.0. The molecule has 0 saturated carbocycles. The van der Waals surface area contributed by atoms with E-state index in [0.29, 0.717) is 0 Å². The molecule has 0 N–H and O–H groups in total. The van der Waals surface area contributed by atoms with Crippen molar-refractivity contribution in [2.75, 3.05) is 7.11 Å². The van der Waals surface area contributed by atoms with Crippen LogP contribution >= 0.6 is 15.9 Å². The van der Waals surface area contributed by atoms with Gasteiger partial charge in [-0.25, -0.2) is 0 Å². The minimum atomic E-state index is 0.786. The van der Waals surface area contributed by atoms with E-state index in [1.165, 1.54) is 0 Å². The number of rotatable bonds is 3. The predicted molar refractivity (Wildman–Crippen MR) is 68.9 cm³/mol. The van der Waals surface area contributed by atoms with E-state index in [9.17, 15) is 0 Å². The number of alkyl halides is 1. The van der Waals surface area contributed by atoms with Crippen LogP contribution in [0.5, 0.6) is 5.75 Å². The largest absolute Gasteiger partial charge is 0.496 e.